The van der Waals surface area contributed by atoms with E-state index in [1.807, 2.05) is 25.1 Å². The molecule has 0 aliphatic rings. The number of hydrogen-bond acceptors (Lipinski definition) is 3. The molecule has 2 amide bonds. The van der Waals surface area contributed by atoms with Crippen molar-refractivity contribution in [2.45, 2.75) is 110 Å². The molecule has 0 spiro atoms. The largest absolute Gasteiger partial charge is 0.356 e. The predicted molar refractivity (Wildman–Crippen MR) is 132 cm³/mol. The Bertz CT molecular complexity index is 633. The first-order valence-electron chi connectivity index (χ1n) is 12.9. The van der Waals surface area contributed by atoms with Crippen LogP contribution in [0.5, 0.6) is 0 Å². The number of hydroxylamine groups is 2. The zero-order chi connectivity index (χ0) is 23.4. The van der Waals surface area contributed by atoms with E-state index in [9.17, 15) is 14.8 Å². The molecular formula is C27H46N2O3. The minimum absolute atomic E-state index is 0.0576. The molecule has 5 nitrogen and oxygen atoms in total. The number of hydrogen-bond donors (Lipinski definition) is 2. The SMILES string of the molecule is CCCCCCCCCCCCCCc1cccc(C(=O)N(O)CCCC(=O)NCC)c1. The highest BCUT2D eigenvalue weighted by atomic mass is 16.5. The first kappa shape index (κ1) is 28.2. The van der Waals surface area contributed by atoms with Crippen LogP contribution in [0.1, 0.15) is 120 Å². The van der Waals surface area contributed by atoms with Crippen LogP contribution in [0.15, 0.2) is 24.3 Å². The summed E-state index contributed by atoms with van der Waals surface area (Å²) in [5, 5.41) is 13.5. The molecule has 1 rings (SSSR count). The van der Waals surface area contributed by atoms with Crippen LogP contribution >= 0.6 is 0 Å². The van der Waals surface area contributed by atoms with E-state index >= 15 is 0 Å². The van der Waals surface area contributed by atoms with Gasteiger partial charge < -0.3 is 5.32 Å². The van der Waals surface area contributed by atoms with Gasteiger partial charge in [-0.25, -0.2) is 5.06 Å². The van der Waals surface area contributed by atoms with Crippen molar-refractivity contribution < 1.29 is 14.8 Å². The normalized spacial score (nSPS) is 10.8. The highest BCUT2D eigenvalue weighted by Crippen LogP contribution is 2.15. The van der Waals surface area contributed by atoms with Crippen molar-refractivity contribution in [2.75, 3.05) is 13.1 Å². The number of carbonyl (C=O) groups excluding carboxylic acids is 2. The van der Waals surface area contributed by atoms with Crippen LogP contribution in [0, 0.1) is 0 Å². The van der Waals surface area contributed by atoms with Crippen LogP contribution in [-0.4, -0.2) is 35.2 Å². The summed E-state index contributed by atoms with van der Waals surface area (Å²) in [5.74, 6) is -0.463. The van der Waals surface area contributed by atoms with Crippen LogP contribution in [0.25, 0.3) is 0 Å². The van der Waals surface area contributed by atoms with E-state index in [1.165, 1.54) is 70.6 Å². The van der Waals surface area contributed by atoms with Crippen LogP contribution in [0.3, 0.4) is 0 Å². The van der Waals surface area contributed by atoms with Crippen LogP contribution in [-0.2, 0) is 11.2 Å². The molecule has 2 N–H and O–H groups in total. The number of amides is 2. The van der Waals surface area contributed by atoms with Crippen molar-refractivity contribution in [3.63, 3.8) is 0 Å². The van der Waals surface area contributed by atoms with Gasteiger partial charge in [-0.15, -0.1) is 0 Å². The Morgan fingerprint density at radius 2 is 1.44 bits per heavy atom. The average Bonchev–Trinajstić information content (AvgIpc) is 2.79. The first-order chi connectivity index (χ1) is 15.6. The molecule has 0 fully saturated rings. The molecular weight excluding hydrogens is 400 g/mol. The summed E-state index contributed by atoms with van der Waals surface area (Å²) < 4.78 is 0. The number of nitrogens with zero attached hydrogens (tertiary/aromatic N) is 1. The Kier molecular flexibility index (Phi) is 16.4. The van der Waals surface area contributed by atoms with Crippen molar-refractivity contribution >= 4 is 11.8 Å². The molecule has 0 aliphatic heterocycles. The molecule has 32 heavy (non-hydrogen) atoms. The molecule has 0 unspecified atom stereocenters. The lowest BCUT2D eigenvalue weighted by Gasteiger charge is -2.15. The highest BCUT2D eigenvalue weighted by Gasteiger charge is 2.14. The topological polar surface area (TPSA) is 69.6 Å². The van der Waals surface area contributed by atoms with E-state index in [-0.39, 0.29) is 12.5 Å². The van der Waals surface area contributed by atoms with Gasteiger partial charge in [-0.3, -0.25) is 14.8 Å². The fourth-order valence-corrected chi connectivity index (χ4v) is 3.96. The summed E-state index contributed by atoms with van der Waals surface area (Å²) in [4.78, 5) is 23.9. The van der Waals surface area contributed by atoms with Crippen LogP contribution < -0.4 is 5.32 Å². The number of unbranched alkanes of at least 4 members (excludes halogenated alkanes) is 11. The summed E-state index contributed by atoms with van der Waals surface area (Å²) in [5.41, 5.74) is 1.64. The summed E-state index contributed by atoms with van der Waals surface area (Å²) in [6, 6.07) is 7.55. The van der Waals surface area contributed by atoms with Gasteiger partial charge in [0.25, 0.3) is 5.91 Å². The van der Waals surface area contributed by atoms with E-state index < -0.39 is 5.91 Å². The monoisotopic (exact) mass is 446 g/mol. The Labute approximate surface area is 195 Å². The second-order valence-electron chi connectivity index (χ2n) is 8.82. The summed E-state index contributed by atoms with van der Waals surface area (Å²) in [7, 11) is 0. The van der Waals surface area contributed by atoms with Gasteiger partial charge in [0.2, 0.25) is 5.91 Å². The number of rotatable bonds is 19. The Hall–Kier alpha value is -1.88. The minimum Gasteiger partial charge on any atom is -0.356 e. The summed E-state index contributed by atoms with van der Waals surface area (Å²) in [6.07, 6.45) is 17.7. The quantitative estimate of drug-likeness (QED) is 0.141. The zero-order valence-corrected chi connectivity index (χ0v) is 20.5. The van der Waals surface area contributed by atoms with E-state index in [4.69, 9.17) is 0 Å². The smallest absolute Gasteiger partial charge is 0.277 e. The maximum atomic E-state index is 12.4. The lowest BCUT2D eigenvalue weighted by atomic mass is 10.0. The third-order valence-corrected chi connectivity index (χ3v) is 5.88. The standard InChI is InChI=1S/C27H46N2O3/c1-3-5-6-7-8-9-10-11-12-13-14-15-18-24-19-16-20-25(23-24)27(31)29(32)22-17-21-26(30)28-4-2/h16,19-20,23,32H,3-15,17-18,21-22H2,1-2H3,(H,28,30). The second kappa shape index (κ2) is 18.7. The molecule has 1 aromatic rings. The molecule has 0 aliphatic carbocycles. The maximum Gasteiger partial charge on any atom is 0.277 e. The van der Waals surface area contributed by atoms with Crippen LogP contribution in [0.4, 0.5) is 0 Å². The van der Waals surface area contributed by atoms with Crippen molar-refractivity contribution in [2.24, 2.45) is 0 Å². The van der Waals surface area contributed by atoms with Gasteiger partial charge in [0.1, 0.15) is 0 Å². The average molecular weight is 447 g/mol. The van der Waals surface area contributed by atoms with Crippen molar-refractivity contribution in [1.82, 2.24) is 10.4 Å². The molecule has 0 bridgehead atoms. The molecule has 0 heterocycles. The molecule has 5 heteroatoms. The van der Waals surface area contributed by atoms with Gasteiger partial charge in [-0.1, -0.05) is 89.7 Å². The third-order valence-electron chi connectivity index (χ3n) is 5.88. The highest BCUT2D eigenvalue weighted by molar-refractivity contribution is 5.93. The number of nitrogens with one attached hydrogen (secondary N) is 1. The van der Waals surface area contributed by atoms with Gasteiger partial charge in [-0.2, -0.15) is 0 Å². The Morgan fingerprint density at radius 1 is 0.844 bits per heavy atom. The Morgan fingerprint density at radius 3 is 2.03 bits per heavy atom. The fraction of sp³-hybridized carbons (Fsp3) is 0.704. The van der Waals surface area contributed by atoms with Crippen molar-refractivity contribution in [3.05, 3.63) is 35.4 Å². The first-order valence-corrected chi connectivity index (χ1v) is 12.9. The van der Waals surface area contributed by atoms with E-state index in [1.54, 1.807) is 6.07 Å². The van der Waals surface area contributed by atoms with E-state index in [0.717, 1.165) is 23.5 Å². The molecule has 0 saturated carbocycles. The van der Waals surface area contributed by atoms with E-state index in [2.05, 4.69) is 12.2 Å². The summed E-state index contributed by atoms with van der Waals surface area (Å²) >= 11 is 0. The molecule has 0 aromatic heterocycles. The molecule has 1 aromatic carbocycles. The number of aryl methyl sites for hydroxylation is 1. The second-order valence-corrected chi connectivity index (χ2v) is 8.82. The minimum atomic E-state index is -0.405. The maximum absolute atomic E-state index is 12.4. The zero-order valence-electron chi connectivity index (χ0n) is 20.5. The Balaban J connectivity index is 2.17. The van der Waals surface area contributed by atoms with Gasteiger partial charge in [0.05, 0.1) is 0 Å². The predicted octanol–water partition coefficient (Wildman–Crippen LogP) is 6.68. The molecule has 0 radical (unpaired) electrons. The van der Waals surface area contributed by atoms with Gasteiger partial charge in [-0.05, 0) is 43.9 Å². The van der Waals surface area contributed by atoms with Gasteiger partial charge in [0.15, 0.2) is 0 Å². The fourth-order valence-electron chi connectivity index (χ4n) is 3.96. The van der Waals surface area contributed by atoms with Gasteiger partial charge in [0, 0.05) is 25.1 Å². The lowest BCUT2D eigenvalue weighted by molar-refractivity contribution is -0.121. The molecule has 0 saturated heterocycles. The number of carbonyl (C=O) groups is 2. The molecule has 0 atom stereocenters. The van der Waals surface area contributed by atoms with Crippen LogP contribution in [0.2, 0.25) is 0 Å². The number of benzene rings is 1. The van der Waals surface area contributed by atoms with Crippen molar-refractivity contribution in [3.8, 4) is 0 Å². The lowest BCUT2D eigenvalue weighted by Crippen LogP contribution is -2.30. The third kappa shape index (κ3) is 13.5. The van der Waals surface area contributed by atoms with Gasteiger partial charge >= 0.3 is 0 Å². The summed E-state index contributed by atoms with van der Waals surface area (Å²) in [6.45, 7) is 4.87. The molecule has 182 valence electrons. The van der Waals surface area contributed by atoms with Crippen molar-refractivity contribution in [1.29, 1.82) is 0 Å². The van der Waals surface area contributed by atoms with E-state index in [0.29, 0.717) is 24.9 Å².